The van der Waals surface area contributed by atoms with Crippen LogP contribution in [0.15, 0.2) is 42.5 Å². The van der Waals surface area contributed by atoms with E-state index in [4.69, 9.17) is 14.6 Å². The van der Waals surface area contributed by atoms with Crippen molar-refractivity contribution in [2.75, 3.05) is 13.7 Å². The maximum Gasteiger partial charge on any atom is 0.335 e. The van der Waals surface area contributed by atoms with Crippen molar-refractivity contribution in [2.45, 2.75) is 19.9 Å². The van der Waals surface area contributed by atoms with E-state index in [1.165, 1.54) is 6.07 Å². The fourth-order valence-corrected chi connectivity index (χ4v) is 2.42. The molecular weight excluding hydrogens is 322 g/mol. The van der Waals surface area contributed by atoms with Gasteiger partial charge in [0.25, 0.3) is 0 Å². The fraction of sp³-hybridized carbons (Fsp3) is 0.263. The molecule has 2 N–H and O–H groups in total. The zero-order valence-corrected chi connectivity index (χ0v) is 14.2. The Morgan fingerprint density at radius 1 is 1.12 bits per heavy atom. The highest BCUT2D eigenvalue weighted by Gasteiger charge is 2.12. The number of hydrogen-bond acceptors (Lipinski definition) is 4. The number of nitrogens with one attached hydrogen (secondary N) is 1. The number of rotatable bonds is 8. The van der Waals surface area contributed by atoms with Crippen molar-refractivity contribution in [3.63, 3.8) is 0 Å². The maximum absolute atomic E-state index is 12.1. The van der Waals surface area contributed by atoms with E-state index in [0.29, 0.717) is 30.2 Å². The second-order valence-electron chi connectivity index (χ2n) is 5.33. The number of carboxylic acid groups (broad SMARTS) is 1. The van der Waals surface area contributed by atoms with Gasteiger partial charge in [0.15, 0.2) is 11.5 Å². The van der Waals surface area contributed by atoms with Gasteiger partial charge in [-0.2, -0.15) is 0 Å². The fourth-order valence-electron chi connectivity index (χ4n) is 2.42. The highest BCUT2D eigenvalue weighted by atomic mass is 16.5. The molecule has 1 amide bonds. The molecule has 0 radical (unpaired) electrons. The van der Waals surface area contributed by atoms with Crippen LogP contribution in [0.2, 0.25) is 0 Å². The molecule has 0 heterocycles. The van der Waals surface area contributed by atoms with E-state index in [2.05, 4.69) is 5.32 Å². The predicted molar refractivity (Wildman–Crippen MR) is 93.1 cm³/mol. The highest BCUT2D eigenvalue weighted by molar-refractivity contribution is 5.91. The third kappa shape index (κ3) is 4.97. The van der Waals surface area contributed by atoms with Crippen LogP contribution in [0.25, 0.3) is 0 Å². The first-order chi connectivity index (χ1) is 12.0. The molecule has 0 saturated heterocycles. The van der Waals surface area contributed by atoms with Gasteiger partial charge < -0.3 is 19.9 Å². The third-order valence-electron chi connectivity index (χ3n) is 3.62. The van der Waals surface area contributed by atoms with Gasteiger partial charge in [0.1, 0.15) is 0 Å². The van der Waals surface area contributed by atoms with Crippen molar-refractivity contribution in [1.82, 2.24) is 5.32 Å². The van der Waals surface area contributed by atoms with Crippen LogP contribution in [0.3, 0.4) is 0 Å². The van der Waals surface area contributed by atoms with Crippen LogP contribution in [0.5, 0.6) is 11.5 Å². The number of amides is 1. The Bertz CT molecular complexity index is 757. The van der Waals surface area contributed by atoms with Crippen molar-refractivity contribution < 1.29 is 24.2 Å². The molecule has 0 aliphatic rings. The van der Waals surface area contributed by atoms with Crippen LogP contribution in [-0.4, -0.2) is 30.7 Å². The number of carboxylic acids is 1. The molecule has 0 aliphatic heterocycles. The minimum absolute atomic E-state index is 0.0109. The first-order valence-electron chi connectivity index (χ1n) is 7.92. The zero-order chi connectivity index (χ0) is 18.2. The van der Waals surface area contributed by atoms with Crippen LogP contribution >= 0.6 is 0 Å². The summed E-state index contributed by atoms with van der Waals surface area (Å²) in [4.78, 5) is 23.3. The summed E-state index contributed by atoms with van der Waals surface area (Å²) >= 11 is 0. The van der Waals surface area contributed by atoms with Crippen LogP contribution in [0, 0.1) is 0 Å². The minimum atomic E-state index is -1.04. The highest BCUT2D eigenvalue weighted by Crippen LogP contribution is 2.28. The summed E-state index contributed by atoms with van der Waals surface area (Å²) in [6.45, 7) is 2.71. The lowest BCUT2D eigenvalue weighted by atomic mass is 10.0. The summed E-state index contributed by atoms with van der Waals surface area (Å²) < 4.78 is 10.7. The molecular formula is C19H21NO5. The Labute approximate surface area is 146 Å². The topological polar surface area (TPSA) is 84.9 Å². The van der Waals surface area contributed by atoms with E-state index < -0.39 is 5.97 Å². The first kappa shape index (κ1) is 18.3. The lowest BCUT2D eigenvalue weighted by Crippen LogP contribution is -2.25. The molecule has 132 valence electrons. The smallest absolute Gasteiger partial charge is 0.335 e. The summed E-state index contributed by atoms with van der Waals surface area (Å²) in [5, 5.41) is 12.0. The Morgan fingerprint density at radius 3 is 2.56 bits per heavy atom. The molecule has 0 fully saturated rings. The third-order valence-corrected chi connectivity index (χ3v) is 3.62. The normalized spacial score (nSPS) is 10.2. The second-order valence-corrected chi connectivity index (χ2v) is 5.33. The zero-order valence-electron chi connectivity index (χ0n) is 14.2. The molecule has 2 aromatic rings. The molecule has 2 rings (SSSR count). The van der Waals surface area contributed by atoms with Gasteiger partial charge >= 0.3 is 5.97 Å². The quantitative estimate of drug-likeness (QED) is 0.770. The summed E-state index contributed by atoms with van der Waals surface area (Å²) in [5.41, 5.74) is 1.49. The number of hydrogen-bond donors (Lipinski definition) is 2. The average molecular weight is 343 g/mol. The van der Waals surface area contributed by atoms with E-state index in [1.807, 2.05) is 19.1 Å². The van der Waals surface area contributed by atoms with Gasteiger partial charge in [0.05, 0.1) is 25.7 Å². The van der Waals surface area contributed by atoms with Gasteiger partial charge in [-0.15, -0.1) is 0 Å². The second kappa shape index (κ2) is 8.73. The molecule has 0 spiro atoms. The molecule has 0 atom stereocenters. The molecule has 0 saturated carbocycles. The largest absolute Gasteiger partial charge is 0.493 e. The molecule has 0 aliphatic carbocycles. The van der Waals surface area contributed by atoms with Gasteiger partial charge in [-0.25, -0.2) is 4.79 Å². The minimum Gasteiger partial charge on any atom is -0.493 e. The van der Waals surface area contributed by atoms with E-state index in [0.717, 1.165) is 5.56 Å². The van der Waals surface area contributed by atoms with Crippen molar-refractivity contribution in [1.29, 1.82) is 0 Å². The number of ether oxygens (including phenoxy) is 2. The van der Waals surface area contributed by atoms with E-state index >= 15 is 0 Å². The molecule has 6 nitrogen and oxygen atoms in total. The van der Waals surface area contributed by atoms with Gasteiger partial charge in [-0.1, -0.05) is 24.3 Å². The monoisotopic (exact) mass is 343 g/mol. The lowest BCUT2D eigenvalue weighted by Gasteiger charge is -2.12. The predicted octanol–water partition coefficient (Wildman–Crippen LogP) is 2.65. The van der Waals surface area contributed by atoms with Gasteiger partial charge in [0, 0.05) is 6.54 Å². The molecule has 2 aromatic carbocycles. The molecule has 0 bridgehead atoms. The van der Waals surface area contributed by atoms with Crippen molar-refractivity contribution >= 4 is 11.9 Å². The Morgan fingerprint density at radius 2 is 1.88 bits per heavy atom. The number of carbonyl (C=O) groups is 2. The number of methoxy groups -OCH3 is 1. The van der Waals surface area contributed by atoms with Gasteiger partial charge in [-0.3, -0.25) is 4.79 Å². The summed E-state index contributed by atoms with van der Waals surface area (Å²) in [6, 6.07) is 11.9. The SMILES string of the molecule is CCOc1cc(CNC(=O)Cc2ccccc2C(=O)O)ccc1OC. The summed E-state index contributed by atoms with van der Waals surface area (Å²) in [5.74, 6) is -0.0392. The summed E-state index contributed by atoms with van der Waals surface area (Å²) in [6.07, 6.45) is 0.0109. The Hall–Kier alpha value is -3.02. The molecule has 0 unspecified atom stereocenters. The van der Waals surface area contributed by atoms with E-state index in [-0.39, 0.29) is 17.9 Å². The molecule has 0 aromatic heterocycles. The lowest BCUT2D eigenvalue weighted by molar-refractivity contribution is -0.120. The Balaban J connectivity index is 2.01. The number of carbonyl (C=O) groups excluding carboxylic acids is 1. The average Bonchev–Trinajstić information content (AvgIpc) is 2.61. The summed E-state index contributed by atoms with van der Waals surface area (Å²) in [7, 11) is 1.57. The van der Waals surface area contributed by atoms with E-state index in [9.17, 15) is 9.59 Å². The number of aromatic carboxylic acids is 1. The van der Waals surface area contributed by atoms with Crippen LogP contribution in [0.1, 0.15) is 28.4 Å². The van der Waals surface area contributed by atoms with Crippen LogP contribution < -0.4 is 14.8 Å². The van der Waals surface area contributed by atoms with Gasteiger partial charge in [0.2, 0.25) is 5.91 Å². The molecule has 25 heavy (non-hydrogen) atoms. The Kier molecular flexibility index (Phi) is 6.39. The van der Waals surface area contributed by atoms with Crippen LogP contribution in [0.4, 0.5) is 0 Å². The maximum atomic E-state index is 12.1. The van der Waals surface area contributed by atoms with Crippen LogP contribution in [-0.2, 0) is 17.8 Å². The van der Waals surface area contributed by atoms with E-state index in [1.54, 1.807) is 31.4 Å². The van der Waals surface area contributed by atoms with Crippen molar-refractivity contribution in [3.8, 4) is 11.5 Å². The molecule has 6 heteroatoms. The van der Waals surface area contributed by atoms with Gasteiger partial charge in [-0.05, 0) is 36.2 Å². The standard InChI is InChI=1S/C19H21NO5/c1-3-25-17-10-13(8-9-16(17)24-2)12-20-18(21)11-14-6-4-5-7-15(14)19(22)23/h4-10H,3,11-12H2,1-2H3,(H,20,21)(H,22,23). The first-order valence-corrected chi connectivity index (χ1v) is 7.92. The van der Waals surface area contributed by atoms with Crippen molar-refractivity contribution in [2.24, 2.45) is 0 Å². The van der Waals surface area contributed by atoms with Crippen molar-refractivity contribution in [3.05, 3.63) is 59.2 Å². The number of benzene rings is 2.